The molecular formula is C19H22N6O. The highest BCUT2D eigenvalue weighted by Gasteiger charge is 2.32. The number of rotatable bonds is 4. The molecule has 1 aliphatic rings. The fourth-order valence-corrected chi connectivity index (χ4v) is 3.54. The van der Waals surface area contributed by atoms with Gasteiger partial charge in [-0.1, -0.05) is 0 Å². The summed E-state index contributed by atoms with van der Waals surface area (Å²) >= 11 is 0. The fourth-order valence-electron chi connectivity index (χ4n) is 3.54. The standard InChI is InChI=1S/C19H22N6O/c1-24(2)11-14-9-20-10-17(23-14)18-4-3-7-25(18)19(26)13-5-6-15-16(8-13)22-12-21-15/h5-6,8-10,12,18H,3-4,7,11H2,1-2H3,(H,21,22)/t18-/m1/s1. The Morgan fingerprint density at radius 3 is 3.08 bits per heavy atom. The Kier molecular flexibility index (Phi) is 4.38. The number of aromatic amines is 1. The fraction of sp³-hybridized carbons (Fsp3) is 0.368. The summed E-state index contributed by atoms with van der Waals surface area (Å²) < 4.78 is 0. The Morgan fingerprint density at radius 1 is 1.35 bits per heavy atom. The zero-order valence-electron chi connectivity index (χ0n) is 15.0. The number of aromatic nitrogens is 4. The second kappa shape index (κ2) is 6.84. The first kappa shape index (κ1) is 16.7. The van der Waals surface area contributed by atoms with Crippen molar-refractivity contribution < 1.29 is 4.79 Å². The number of hydrogen-bond donors (Lipinski definition) is 1. The summed E-state index contributed by atoms with van der Waals surface area (Å²) in [6, 6.07) is 5.57. The molecule has 0 radical (unpaired) electrons. The van der Waals surface area contributed by atoms with E-state index in [0.717, 1.165) is 48.4 Å². The van der Waals surface area contributed by atoms with E-state index >= 15 is 0 Å². The predicted molar refractivity (Wildman–Crippen MR) is 98.5 cm³/mol. The van der Waals surface area contributed by atoms with E-state index < -0.39 is 0 Å². The maximum atomic E-state index is 13.1. The summed E-state index contributed by atoms with van der Waals surface area (Å²) in [5, 5.41) is 0. The van der Waals surface area contributed by atoms with Crippen molar-refractivity contribution in [3.05, 3.63) is 53.9 Å². The van der Waals surface area contributed by atoms with Crippen molar-refractivity contribution >= 4 is 16.9 Å². The summed E-state index contributed by atoms with van der Waals surface area (Å²) in [5.74, 6) is 0.0313. The molecule has 1 fully saturated rings. The zero-order valence-corrected chi connectivity index (χ0v) is 15.0. The van der Waals surface area contributed by atoms with Crippen LogP contribution in [0.25, 0.3) is 11.0 Å². The van der Waals surface area contributed by atoms with Gasteiger partial charge in [0.1, 0.15) is 0 Å². The van der Waals surface area contributed by atoms with Gasteiger partial charge in [0.25, 0.3) is 5.91 Å². The van der Waals surface area contributed by atoms with Crippen LogP contribution in [-0.4, -0.2) is 56.3 Å². The van der Waals surface area contributed by atoms with Crippen LogP contribution in [0.4, 0.5) is 0 Å². The van der Waals surface area contributed by atoms with Gasteiger partial charge in [0.15, 0.2) is 0 Å². The minimum Gasteiger partial charge on any atom is -0.345 e. The van der Waals surface area contributed by atoms with E-state index in [0.29, 0.717) is 5.56 Å². The van der Waals surface area contributed by atoms with Gasteiger partial charge in [0.2, 0.25) is 0 Å². The van der Waals surface area contributed by atoms with Crippen LogP contribution in [0.5, 0.6) is 0 Å². The van der Waals surface area contributed by atoms with Crippen LogP contribution in [0.15, 0.2) is 36.9 Å². The lowest BCUT2D eigenvalue weighted by Crippen LogP contribution is -2.31. The number of H-pyrrole nitrogens is 1. The van der Waals surface area contributed by atoms with Gasteiger partial charge in [-0.05, 0) is 45.1 Å². The Bertz CT molecular complexity index is 934. The molecule has 0 saturated carbocycles. The normalized spacial score (nSPS) is 17.3. The Morgan fingerprint density at radius 2 is 2.23 bits per heavy atom. The van der Waals surface area contributed by atoms with Crippen molar-refractivity contribution in [3.8, 4) is 0 Å². The lowest BCUT2D eigenvalue weighted by atomic mass is 10.1. The number of nitrogens with one attached hydrogen (secondary N) is 1. The van der Waals surface area contributed by atoms with E-state index in [9.17, 15) is 4.79 Å². The third-order valence-corrected chi connectivity index (χ3v) is 4.70. The number of nitrogens with zero attached hydrogens (tertiary/aromatic N) is 5. The van der Waals surface area contributed by atoms with E-state index in [1.54, 1.807) is 18.7 Å². The minimum atomic E-state index is -0.0189. The van der Waals surface area contributed by atoms with Crippen LogP contribution in [0, 0.1) is 0 Å². The monoisotopic (exact) mass is 350 g/mol. The van der Waals surface area contributed by atoms with Crippen LogP contribution >= 0.6 is 0 Å². The van der Waals surface area contributed by atoms with E-state index in [4.69, 9.17) is 4.98 Å². The largest absolute Gasteiger partial charge is 0.345 e. The summed E-state index contributed by atoms with van der Waals surface area (Å²) in [6.45, 7) is 1.47. The molecule has 2 aromatic heterocycles. The highest BCUT2D eigenvalue weighted by molar-refractivity contribution is 5.97. The Labute approximate surface area is 152 Å². The highest BCUT2D eigenvalue weighted by atomic mass is 16.2. The first-order valence-electron chi connectivity index (χ1n) is 8.81. The molecule has 1 saturated heterocycles. The van der Waals surface area contributed by atoms with E-state index in [2.05, 4.69) is 19.9 Å². The van der Waals surface area contributed by atoms with Crippen LogP contribution in [0.3, 0.4) is 0 Å². The number of amides is 1. The third-order valence-electron chi connectivity index (χ3n) is 4.70. The van der Waals surface area contributed by atoms with Crippen molar-refractivity contribution in [2.24, 2.45) is 0 Å². The van der Waals surface area contributed by atoms with Crippen LogP contribution < -0.4 is 0 Å². The molecule has 4 rings (SSSR count). The van der Waals surface area contributed by atoms with Crippen molar-refractivity contribution in [3.63, 3.8) is 0 Å². The van der Waals surface area contributed by atoms with Crippen molar-refractivity contribution in [1.82, 2.24) is 29.7 Å². The molecule has 1 amide bonds. The van der Waals surface area contributed by atoms with E-state index in [1.165, 1.54) is 0 Å². The van der Waals surface area contributed by atoms with Gasteiger partial charge in [-0.25, -0.2) is 4.98 Å². The van der Waals surface area contributed by atoms with E-state index in [1.807, 2.05) is 37.2 Å². The molecule has 1 atom stereocenters. The average molecular weight is 350 g/mol. The first-order chi connectivity index (χ1) is 12.6. The first-order valence-corrected chi connectivity index (χ1v) is 8.81. The maximum Gasteiger partial charge on any atom is 0.254 e. The molecule has 7 nitrogen and oxygen atoms in total. The van der Waals surface area contributed by atoms with Crippen molar-refractivity contribution in [2.45, 2.75) is 25.4 Å². The second-order valence-corrected chi connectivity index (χ2v) is 6.96. The smallest absolute Gasteiger partial charge is 0.254 e. The molecule has 1 aromatic carbocycles. The van der Waals surface area contributed by atoms with Gasteiger partial charge in [0.05, 0.1) is 41.0 Å². The highest BCUT2D eigenvalue weighted by Crippen LogP contribution is 2.32. The van der Waals surface area contributed by atoms with E-state index in [-0.39, 0.29) is 11.9 Å². The molecule has 26 heavy (non-hydrogen) atoms. The molecule has 3 heterocycles. The molecule has 1 aliphatic heterocycles. The number of hydrogen-bond acceptors (Lipinski definition) is 5. The molecule has 0 bridgehead atoms. The third kappa shape index (κ3) is 3.17. The Hall–Kier alpha value is -2.80. The zero-order chi connectivity index (χ0) is 18.1. The van der Waals surface area contributed by atoms with Gasteiger partial charge < -0.3 is 14.8 Å². The van der Waals surface area contributed by atoms with Gasteiger partial charge in [0, 0.05) is 24.8 Å². The van der Waals surface area contributed by atoms with Crippen LogP contribution in [0.2, 0.25) is 0 Å². The summed E-state index contributed by atoms with van der Waals surface area (Å²) in [7, 11) is 4.01. The topological polar surface area (TPSA) is 78.0 Å². The van der Waals surface area contributed by atoms with Gasteiger partial charge in [-0.2, -0.15) is 0 Å². The molecule has 0 aliphatic carbocycles. The van der Waals surface area contributed by atoms with Crippen molar-refractivity contribution in [2.75, 3.05) is 20.6 Å². The number of fused-ring (bicyclic) bond motifs is 1. The molecule has 0 spiro atoms. The second-order valence-electron chi connectivity index (χ2n) is 6.96. The molecule has 1 N–H and O–H groups in total. The number of carbonyl (C=O) groups is 1. The lowest BCUT2D eigenvalue weighted by molar-refractivity contribution is 0.0732. The molecular weight excluding hydrogens is 328 g/mol. The number of carbonyl (C=O) groups excluding carboxylic acids is 1. The van der Waals surface area contributed by atoms with Crippen LogP contribution in [0.1, 0.15) is 40.6 Å². The minimum absolute atomic E-state index is 0.0189. The average Bonchev–Trinajstić information content (AvgIpc) is 3.29. The maximum absolute atomic E-state index is 13.1. The Balaban J connectivity index is 1.60. The summed E-state index contributed by atoms with van der Waals surface area (Å²) in [6.07, 6.45) is 7.11. The summed E-state index contributed by atoms with van der Waals surface area (Å²) in [5.41, 5.74) is 4.20. The van der Waals surface area contributed by atoms with Crippen LogP contribution in [-0.2, 0) is 6.54 Å². The molecule has 0 unspecified atom stereocenters. The number of likely N-dealkylation sites (tertiary alicyclic amines) is 1. The summed E-state index contributed by atoms with van der Waals surface area (Å²) in [4.78, 5) is 33.4. The quantitative estimate of drug-likeness (QED) is 0.782. The van der Waals surface area contributed by atoms with Gasteiger partial charge >= 0.3 is 0 Å². The lowest BCUT2D eigenvalue weighted by Gasteiger charge is -2.24. The van der Waals surface area contributed by atoms with Gasteiger partial charge in [-0.3, -0.25) is 14.8 Å². The SMILES string of the molecule is CN(C)Cc1cncc([C@H]2CCCN2C(=O)c2ccc3nc[nH]c3c2)n1. The number of imidazole rings is 1. The molecule has 3 aromatic rings. The van der Waals surface area contributed by atoms with Crippen molar-refractivity contribution in [1.29, 1.82) is 0 Å². The molecule has 7 heteroatoms. The molecule has 134 valence electrons. The number of benzene rings is 1. The predicted octanol–water partition coefficient (Wildman–Crippen LogP) is 2.39. The van der Waals surface area contributed by atoms with Gasteiger partial charge in [-0.15, -0.1) is 0 Å².